The summed E-state index contributed by atoms with van der Waals surface area (Å²) in [6.07, 6.45) is 1.30. The minimum Gasteiger partial charge on any atom is -0.484 e. The minimum atomic E-state index is -0.400. The van der Waals surface area contributed by atoms with Gasteiger partial charge in [-0.05, 0) is 29.8 Å². The van der Waals surface area contributed by atoms with Gasteiger partial charge in [0.05, 0.1) is 0 Å². The van der Waals surface area contributed by atoms with Gasteiger partial charge in [0, 0.05) is 6.54 Å². The van der Waals surface area contributed by atoms with Crippen molar-refractivity contribution in [2.45, 2.75) is 6.54 Å². The number of para-hydroxylation sites is 1. The predicted molar refractivity (Wildman–Crippen MR) is 104 cm³/mol. The normalized spacial score (nSPS) is 10.2. The lowest BCUT2D eigenvalue weighted by atomic mass is 10.2. The molecule has 2 aromatic carbocycles. The Hall–Kier alpha value is -3.88. The maximum absolute atomic E-state index is 13.0. The van der Waals surface area contributed by atoms with E-state index in [4.69, 9.17) is 10.5 Å². The molecule has 8 nitrogen and oxygen atoms in total. The fourth-order valence-electron chi connectivity index (χ4n) is 2.25. The topological polar surface area (TPSA) is 114 Å². The molecular formula is C19H19FN6O2. The Balaban J connectivity index is 1.52. The zero-order chi connectivity index (χ0) is 19.8. The molecule has 0 aliphatic rings. The van der Waals surface area contributed by atoms with Crippen molar-refractivity contribution in [2.75, 3.05) is 23.1 Å². The molecular weight excluding hydrogens is 363 g/mol. The highest BCUT2D eigenvalue weighted by atomic mass is 19.1. The summed E-state index contributed by atoms with van der Waals surface area (Å²) >= 11 is 0. The van der Waals surface area contributed by atoms with Crippen molar-refractivity contribution in [3.63, 3.8) is 0 Å². The third-order valence-electron chi connectivity index (χ3n) is 3.69. The number of nitrogen functional groups attached to an aromatic ring is 1. The molecule has 9 heteroatoms. The van der Waals surface area contributed by atoms with Crippen LogP contribution in [0.1, 0.15) is 5.56 Å². The summed E-state index contributed by atoms with van der Waals surface area (Å²) in [6.45, 7) is 0.232. The standard InChI is InChI=1S/C19H19FN6O2/c20-14-8-6-13(7-9-14)10-22-18-17(21)19(24-12-23-18)26-25-16(27)11-28-15-4-2-1-3-5-15/h1-9,12H,10-11,21H2,(H,25,27)(H2,22,23,24,26). The summed E-state index contributed by atoms with van der Waals surface area (Å²) in [5.41, 5.74) is 12.2. The number of carbonyl (C=O) groups is 1. The number of ether oxygens (including phenoxy) is 1. The Morgan fingerprint density at radius 1 is 1.04 bits per heavy atom. The Kier molecular flexibility index (Phi) is 6.19. The number of anilines is 3. The van der Waals surface area contributed by atoms with E-state index in [0.717, 1.165) is 5.56 Å². The van der Waals surface area contributed by atoms with E-state index in [2.05, 4.69) is 26.1 Å². The fourth-order valence-corrected chi connectivity index (χ4v) is 2.25. The average Bonchev–Trinajstić information content (AvgIpc) is 2.72. The molecule has 0 atom stereocenters. The van der Waals surface area contributed by atoms with Crippen molar-refractivity contribution in [1.82, 2.24) is 15.4 Å². The summed E-state index contributed by atoms with van der Waals surface area (Å²) in [6, 6.07) is 15.1. The molecule has 0 aliphatic carbocycles. The first-order valence-electron chi connectivity index (χ1n) is 8.43. The number of aromatic nitrogens is 2. The smallest absolute Gasteiger partial charge is 0.276 e. The number of hydrazine groups is 1. The van der Waals surface area contributed by atoms with Gasteiger partial charge >= 0.3 is 0 Å². The van der Waals surface area contributed by atoms with Crippen LogP contribution in [0, 0.1) is 5.82 Å². The van der Waals surface area contributed by atoms with Gasteiger partial charge in [-0.1, -0.05) is 30.3 Å². The second-order valence-electron chi connectivity index (χ2n) is 5.74. The number of nitrogens with one attached hydrogen (secondary N) is 3. The van der Waals surface area contributed by atoms with E-state index in [9.17, 15) is 9.18 Å². The highest BCUT2D eigenvalue weighted by Gasteiger charge is 2.09. The summed E-state index contributed by atoms with van der Waals surface area (Å²) in [7, 11) is 0. The molecule has 0 spiro atoms. The maximum Gasteiger partial charge on any atom is 0.276 e. The molecule has 1 aromatic heterocycles. The molecule has 0 bridgehead atoms. The number of amides is 1. The van der Waals surface area contributed by atoms with E-state index in [1.807, 2.05) is 18.2 Å². The van der Waals surface area contributed by atoms with Crippen LogP contribution in [0.4, 0.5) is 21.7 Å². The van der Waals surface area contributed by atoms with E-state index >= 15 is 0 Å². The van der Waals surface area contributed by atoms with Crippen molar-refractivity contribution in [3.05, 3.63) is 72.3 Å². The van der Waals surface area contributed by atoms with E-state index in [1.54, 1.807) is 24.3 Å². The van der Waals surface area contributed by atoms with Gasteiger partial charge in [0.25, 0.3) is 5.91 Å². The average molecular weight is 382 g/mol. The largest absolute Gasteiger partial charge is 0.484 e. The zero-order valence-electron chi connectivity index (χ0n) is 14.9. The van der Waals surface area contributed by atoms with Crippen molar-refractivity contribution >= 4 is 23.2 Å². The van der Waals surface area contributed by atoms with Crippen LogP contribution in [-0.4, -0.2) is 22.5 Å². The minimum absolute atomic E-state index is 0.169. The van der Waals surface area contributed by atoms with Crippen molar-refractivity contribution in [3.8, 4) is 5.75 Å². The molecule has 0 fully saturated rings. The highest BCUT2D eigenvalue weighted by molar-refractivity contribution is 5.81. The number of hydrogen-bond acceptors (Lipinski definition) is 7. The number of benzene rings is 2. The van der Waals surface area contributed by atoms with Gasteiger partial charge in [0.15, 0.2) is 18.2 Å². The molecule has 28 heavy (non-hydrogen) atoms. The molecule has 0 saturated carbocycles. The third kappa shape index (κ3) is 5.31. The summed E-state index contributed by atoms with van der Waals surface area (Å²) in [4.78, 5) is 20.0. The predicted octanol–water partition coefficient (Wildman–Crippen LogP) is 2.33. The molecule has 3 rings (SSSR count). The Morgan fingerprint density at radius 2 is 1.75 bits per heavy atom. The monoisotopic (exact) mass is 382 g/mol. The first-order chi connectivity index (χ1) is 13.6. The molecule has 0 saturated heterocycles. The lowest BCUT2D eigenvalue weighted by Gasteiger charge is -2.13. The van der Waals surface area contributed by atoms with E-state index in [1.165, 1.54) is 18.5 Å². The van der Waals surface area contributed by atoms with E-state index in [-0.39, 0.29) is 23.9 Å². The Labute approximate surface area is 160 Å². The van der Waals surface area contributed by atoms with Gasteiger partial charge in [0.1, 0.15) is 23.6 Å². The van der Waals surface area contributed by atoms with Crippen LogP contribution >= 0.6 is 0 Å². The third-order valence-corrected chi connectivity index (χ3v) is 3.69. The number of nitrogens with two attached hydrogens (primary N) is 1. The first kappa shape index (κ1) is 18.9. The van der Waals surface area contributed by atoms with Crippen molar-refractivity contribution < 1.29 is 13.9 Å². The number of rotatable bonds is 8. The van der Waals surface area contributed by atoms with Gasteiger partial charge in [-0.25, -0.2) is 14.4 Å². The quantitative estimate of drug-likeness (QED) is 0.442. The van der Waals surface area contributed by atoms with Crippen LogP contribution in [0.3, 0.4) is 0 Å². The summed E-state index contributed by atoms with van der Waals surface area (Å²) < 4.78 is 18.3. The van der Waals surface area contributed by atoms with Crippen LogP contribution in [0.5, 0.6) is 5.75 Å². The zero-order valence-corrected chi connectivity index (χ0v) is 14.9. The summed E-state index contributed by atoms with van der Waals surface area (Å²) in [5, 5.41) is 3.05. The second-order valence-corrected chi connectivity index (χ2v) is 5.74. The SMILES string of the molecule is Nc1c(NCc2ccc(F)cc2)ncnc1NNC(=O)COc1ccccc1. The van der Waals surface area contributed by atoms with Gasteiger partial charge in [-0.2, -0.15) is 0 Å². The van der Waals surface area contributed by atoms with Crippen LogP contribution in [0.25, 0.3) is 0 Å². The lowest BCUT2D eigenvalue weighted by molar-refractivity contribution is -0.122. The van der Waals surface area contributed by atoms with Gasteiger partial charge in [0.2, 0.25) is 0 Å². The highest BCUT2D eigenvalue weighted by Crippen LogP contribution is 2.22. The molecule has 144 valence electrons. The van der Waals surface area contributed by atoms with Crippen LogP contribution in [-0.2, 0) is 11.3 Å². The summed E-state index contributed by atoms with van der Waals surface area (Å²) in [5.74, 6) is 0.513. The van der Waals surface area contributed by atoms with Crippen molar-refractivity contribution in [2.24, 2.45) is 0 Å². The van der Waals surface area contributed by atoms with E-state index < -0.39 is 5.91 Å². The molecule has 1 amide bonds. The first-order valence-corrected chi connectivity index (χ1v) is 8.43. The van der Waals surface area contributed by atoms with Crippen LogP contribution in [0.2, 0.25) is 0 Å². The van der Waals surface area contributed by atoms with Crippen molar-refractivity contribution in [1.29, 1.82) is 0 Å². The van der Waals surface area contributed by atoms with E-state index in [0.29, 0.717) is 18.1 Å². The Morgan fingerprint density at radius 3 is 2.50 bits per heavy atom. The molecule has 1 heterocycles. The maximum atomic E-state index is 13.0. The lowest BCUT2D eigenvalue weighted by Crippen LogP contribution is -2.34. The fraction of sp³-hybridized carbons (Fsp3) is 0.105. The molecule has 5 N–H and O–H groups in total. The van der Waals surface area contributed by atoms with Gasteiger partial charge in [-0.15, -0.1) is 0 Å². The number of halogens is 1. The van der Waals surface area contributed by atoms with Gasteiger partial charge in [-0.3, -0.25) is 15.6 Å². The number of nitrogens with zero attached hydrogens (tertiary/aromatic N) is 2. The second kappa shape index (κ2) is 9.17. The number of carbonyl (C=O) groups excluding carboxylic acids is 1. The van der Waals surface area contributed by atoms with Crippen LogP contribution < -0.4 is 26.6 Å². The molecule has 0 aliphatic heterocycles. The van der Waals surface area contributed by atoms with Crippen LogP contribution in [0.15, 0.2) is 60.9 Å². The molecule has 0 radical (unpaired) electrons. The molecule has 3 aromatic rings. The van der Waals surface area contributed by atoms with Gasteiger partial charge < -0.3 is 15.8 Å². The Bertz CT molecular complexity index is 921. The molecule has 0 unspecified atom stereocenters. The number of hydrogen-bond donors (Lipinski definition) is 4.